The van der Waals surface area contributed by atoms with E-state index in [1.54, 1.807) is 0 Å². The van der Waals surface area contributed by atoms with Crippen LogP contribution >= 0.6 is 0 Å². The van der Waals surface area contributed by atoms with Crippen molar-refractivity contribution in [3.63, 3.8) is 0 Å². The summed E-state index contributed by atoms with van der Waals surface area (Å²) in [4.78, 5) is 48.2. The molecular formula is C14H21N3O5. The molecule has 1 aliphatic heterocycles. The number of likely N-dealkylation sites (N-methyl/N-ethyl adjacent to an activating group) is 1. The monoisotopic (exact) mass is 311 g/mol. The molecule has 1 spiro atoms. The summed E-state index contributed by atoms with van der Waals surface area (Å²) < 4.78 is 4.73. The molecule has 0 unspecified atom stereocenters. The summed E-state index contributed by atoms with van der Waals surface area (Å²) >= 11 is 0. The fraction of sp³-hybridized carbons (Fsp3) is 0.714. The van der Waals surface area contributed by atoms with Gasteiger partial charge in [-0.1, -0.05) is 19.8 Å². The average molecular weight is 311 g/mol. The van der Waals surface area contributed by atoms with Crippen LogP contribution in [0.25, 0.3) is 0 Å². The van der Waals surface area contributed by atoms with Gasteiger partial charge in [-0.15, -0.1) is 0 Å². The molecule has 8 heteroatoms. The number of carbonyl (C=O) groups excluding carboxylic acids is 4. The lowest BCUT2D eigenvalue weighted by molar-refractivity contribution is -0.151. The van der Waals surface area contributed by atoms with Crippen molar-refractivity contribution in [1.82, 2.24) is 15.5 Å². The Kier molecular flexibility index (Phi) is 4.68. The van der Waals surface area contributed by atoms with Crippen LogP contribution in [0, 0.1) is 5.92 Å². The van der Waals surface area contributed by atoms with Gasteiger partial charge in [0.2, 0.25) is 0 Å². The lowest BCUT2D eigenvalue weighted by Gasteiger charge is -2.36. The van der Waals surface area contributed by atoms with E-state index in [9.17, 15) is 19.2 Å². The van der Waals surface area contributed by atoms with Crippen LogP contribution in [0.5, 0.6) is 0 Å². The standard InChI is InChI=1S/C14H21N3O5/c1-9-5-3-4-6-14(9)12(20)17(13(21)16-14)7-11(19)22-8-10(18)15-2/h9H,3-8H2,1-2H3,(H,15,18)(H,16,21)/t9-,14-/m0/s1. The highest BCUT2D eigenvalue weighted by Gasteiger charge is 2.55. The topological polar surface area (TPSA) is 105 Å². The van der Waals surface area contributed by atoms with Crippen molar-refractivity contribution in [2.75, 3.05) is 20.2 Å². The number of carbonyl (C=O) groups is 4. The van der Waals surface area contributed by atoms with Gasteiger partial charge in [-0.25, -0.2) is 4.79 Å². The van der Waals surface area contributed by atoms with Gasteiger partial charge >= 0.3 is 12.0 Å². The lowest BCUT2D eigenvalue weighted by Crippen LogP contribution is -2.54. The van der Waals surface area contributed by atoms with Crippen LogP contribution in [-0.4, -0.2) is 54.5 Å². The normalized spacial score (nSPS) is 27.7. The quantitative estimate of drug-likeness (QED) is 0.551. The molecule has 0 bridgehead atoms. The number of hydrogen-bond acceptors (Lipinski definition) is 5. The van der Waals surface area contributed by atoms with E-state index in [1.165, 1.54) is 7.05 Å². The highest BCUT2D eigenvalue weighted by molar-refractivity contribution is 6.09. The van der Waals surface area contributed by atoms with Gasteiger partial charge in [0, 0.05) is 7.05 Å². The van der Waals surface area contributed by atoms with E-state index in [1.807, 2.05) is 6.92 Å². The Morgan fingerprint density at radius 2 is 2.14 bits per heavy atom. The van der Waals surface area contributed by atoms with E-state index < -0.39 is 36.6 Å². The van der Waals surface area contributed by atoms with Crippen molar-refractivity contribution >= 4 is 23.8 Å². The van der Waals surface area contributed by atoms with Gasteiger partial charge in [0.25, 0.3) is 11.8 Å². The van der Waals surface area contributed by atoms with Crippen molar-refractivity contribution in [3.8, 4) is 0 Å². The third-order valence-electron chi connectivity index (χ3n) is 4.43. The molecule has 2 aliphatic rings. The predicted molar refractivity (Wildman–Crippen MR) is 75.6 cm³/mol. The first-order valence-corrected chi connectivity index (χ1v) is 7.41. The molecule has 2 atom stereocenters. The van der Waals surface area contributed by atoms with Crippen LogP contribution in [0.15, 0.2) is 0 Å². The summed E-state index contributed by atoms with van der Waals surface area (Å²) in [5, 5.41) is 5.06. The van der Waals surface area contributed by atoms with Crippen LogP contribution < -0.4 is 10.6 Å². The van der Waals surface area contributed by atoms with Crippen LogP contribution in [0.3, 0.4) is 0 Å². The van der Waals surface area contributed by atoms with Crippen molar-refractivity contribution < 1.29 is 23.9 Å². The van der Waals surface area contributed by atoms with Gasteiger partial charge in [0.1, 0.15) is 12.1 Å². The molecule has 0 aromatic rings. The maximum absolute atomic E-state index is 12.6. The fourth-order valence-corrected chi connectivity index (χ4v) is 3.03. The minimum absolute atomic E-state index is 0.0320. The zero-order valence-corrected chi connectivity index (χ0v) is 12.8. The average Bonchev–Trinajstić information content (AvgIpc) is 2.73. The molecule has 22 heavy (non-hydrogen) atoms. The Labute approximate surface area is 128 Å². The summed E-state index contributed by atoms with van der Waals surface area (Å²) in [5.41, 5.74) is -0.892. The van der Waals surface area contributed by atoms with Gasteiger partial charge in [-0.3, -0.25) is 19.3 Å². The highest BCUT2D eigenvalue weighted by atomic mass is 16.5. The van der Waals surface area contributed by atoms with Gasteiger partial charge in [-0.05, 0) is 18.8 Å². The Hall–Kier alpha value is -2.12. The largest absolute Gasteiger partial charge is 0.454 e. The third kappa shape index (κ3) is 2.90. The highest BCUT2D eigenvalue weighted by Crippen LogP contribution is 2.38. The number of urea groups is 1. The first-order chi connectivity index (χ1) is 10.4. The number of amides is 4. The molecular weight excluding hydrogens is 290 g/mol. The molecule has 0 aromatic carbocycles. The van der Waals surface area contributed by atoms with Crippen LogP contribution in [0.2, 0.25) is 0 Å². The van der Waals surface area contributed by atoms with Gasteiger partial charge in [0.05, 0.1) is 0 Å². The van der Waals surface area contributed by atoms with E-state index in [4.69, 9.17) is 4.74 Å². The SMILES string of the molecule is CNC(=O)COC(=O)CN1C(=O)N[C@]2(CCCC[C@@H]2C)C1=O. The lowest BCUT2D eigenvalue weighted by atomic mass is 9.73. The number of esters is 1. The second-order valence-corrected chi connectivity index (χ2v) is 5.77. The first-order valence-electron chi connectivity index (χ1n) is 7.41. The number of ether oxygens (including phenoxy) is 1. The van der Waals surface area contributed by atoms with E-state index >= 15 is 0 Å². The van der Waals surface area contributed by atoms with Crippen LogP contribution in [0.4, 0.5) is 4.79 Å². The molecule has 8 nitrogen and oxygen atoms in total. The Morgan fingerprint density at radius 3 is 2.77 bits per heavy atom. The summed E-state index contributed by atoms with van der Waals surface area (Å²) in [6.07, 6.45) is 3.34. The summed E-state index contributed by atoms with van der Waals surface area (Å²) in [6.45, 7) is 1.03. The zero-order chi connectivity index (χ0) is 16.3. The second kappa shape index (κ2) is 6.33. The van der Waals surface area contributed by atoms with E-state index in [0.29, 0.717) is 6.42 Å². The Bertz CT molecular complexity index is 507. The van der Waals surface area contributed by atoms with E-state index in [2.05, 4.69) is 10.6 Å². The molecule has 1 saturated heterocycles. The van der Waals surface area contributed by atoms with Gasteiger partial charge in [0.15, 0.2) is 6.61 Å². The zero-order valence-electron chi connectivity index (χ0n) is 12.8. The van der Waals surface area contributed by atoms with E-state index in [-0.39, 0.29) is 11.8 Å². The van der Waals surface area contributed by atoms with Gasteiger partial charge in [-0.2, -0.15) is 0 Å². The number of nitrogens with zero attached hydrogens (tertiary/aromatic N) is 1. The van der Waals surface area contributed by atoms with Gasteiger partial charge < -0.3 is 15.4 Å². The molecule has 122 valence electrons. The predicted octanol–water partition coefficient (Wildman–Crippen LogP) is -0.224. The summed E-state index contributed by atoms with van der Waals surface area (Å²) in [5.74, 6) is -1.58. The maximum atomic E-state index is 12.6. The molecule has 2 N–H and O–H groups in total. The van der Waals surface area contributed by atoms with Crippen molar-refractivity contribution in [3.05, 3.63) is 0 Å². The molecule has 0 aromatic heterocycles. The van der Waals surface area contributed by atoms with Crippen LogP contribution in [-0.2, 0) is 19.1 Å². The Morgan fingerprint density at radius 1 is 1.41 bits per heavy atom. The fourth-order valence-electron chi connectivity index (χ4n) is 3.03. The van der Waals surface area contributed by atoms with Crippen LogP contribution in [0.1, 0.15) is 32.6 Å². The molecule has 2 fully saturated rings. The minimum atomic E-state index is -0.892. The third-order valence-corrected chi connectivity index (χ3v) is 4.43. The molecule has 1 aliphatic carbocycles. The first kappa shape index (κ1) is 16.3. The van der Waals surface area contributed by atoms with Crippen molar-refractivity contribution in [1.29, 1.82) is 0 Å². The number of imide groups is 1. The Balaban J connectivity index is 2.00. The molecule has 1 saturated carbocycles. The summed E-state index contributed by atoms with van der Waals surface area (Å²) in [6, 6.07) is -0.573. The molecule has 1 heterocycles. The maximum Gasteiger partial charge on any atom is 0.326 e. The summed E-state index contributed by atoms with van der Waals surface area (Å²) in [7, 11) is 1.42. The van der Waals surface area contributed by atoms with E-state index in [0.717, 1.165) is 24.2 Å². The van der Waals surface area contributed by atoms with Crippen molar-refractivity contribution in [2.45, 2.75) is 38.1 Å². The number of hydrogen-bond donors (Lipinski definition) is 2. The smallest absolute Gasteiger partial charge is 0.326 e. The molecule has 2 rings (SSSR count). The molecule has 4 amide bonds. The minimum Gasteiger partial charge on any atom is -0.454 e. The molecule has 0 radical (unpaired) electrons. The number of nitrogens with one attached hydrogen (secondary N) is 2. The second-order valence-electron chi connectivity index (χ2n) is 5.77. The number of rotatable bonds is 4. The van der Waals surface area contributed by atoms with Crippen molar-refractivity contribution in [2.24, 2.45) is 5.92 Å².